The minimum Gasteiger partial charge on any atom is -0.273 e. The fraction of sp³-hybridized carbons (Fsp3) is 0. The SMILES string of the molecule is C#CS(=O)(=O)Nc1ccccc1. The molecule has 3 nitrogen and oxygen atoms in total. The fourth-order valence-corrected chi connectivity index (χ4v) is 1.20. The van der Waals surface area contributed by atoms with Crippen LogP contribution in [0.15, 0.2) is 30.3 Å². The molecule has 0 spiro atoms. The van der Waals surface area contributed by atoms with Crippen LogP contribution >= 0.6 is 0 Å². The number of nitrogens with one attached hydrogen (secondary N) is 1. The van der Waals surface area contributed by atoms with Crippen molar-refractivity contribution in [3.63, 3.8) is 0 Å². The van der Waals surface area contributed by atoms with Crippen molar-refractivity contribution >= 4 is 15.7 Å². The van der Waals surface area contributed by atoms with E-state index in [9.17, 15) is 8.42 Å². The Bertz CT molecular complexity index is 389. The molecule has 1 N–H and O–H groups in total. The highest BCUT2D eigenvalue weighted by molar-refractivity contribution is 7.97. The minimum absolute atomic E-state index is 0.468. The Kier molecular flexibility index (Phi) is 2.36. The summed E-state index contributed by atoms with van der Waals surface area (Å²) in [5, 5.41) is 1.65. The molecule has 0 aliphatic heterocycles. The number of hydrogen-bond donors (Lipinski definition) is 1. The van der Waals surface area contributed by atoms with E-state index in [0.29, 0.717) is 5.69 Å². The molecular formula is C8H7NO2S. The maximum atomic E-state index is 10.8. The van der Waals surface area contributed by atoms with Gasteiger partial charge in [0.2, 0.25) is 0 Å². The van der Waals surface area contributed by atoms with Gasteiger partial charge < -0.3 is 0 Å². The van der Waals surface area contributed by atoms with E-state index < -0.39 is 10.0 Å². The van der Waals surface area contributed by atoms with Crippen LogP contribution in [0.1, 0.15) is 0 Å². The van der Waals surface area contributed by atoms with Gasteiger partial charge in [-0.2, -0.15) is 8.42 Å². The molecule has 0 amide bonds. The second-order valence-electron chi connectivity index (χ2n) is 2.09. The van der Waals surface area contributed by atoms with Crippen LogP contribution < -0.4 is 4.72 Å². The van der Waals surface area contributed by atoms with Gasteiger partial charge in [0, 0.05) is 10.9 Å². The molecule has 4 heteroatoms. The average molecular weight is 181 g/mol. The quantitative estimate of drug-likeness (QED) is 0.692. The van der Waals surface area contributed by atoms with E-state index in [1.165, 1.54) is 0 Å². The predicted octanol–water partition coefficient (Wildman–Crippen LogP) is 1.02. The van der Waals surface area contributed by atoms with Gasteiger partial charge in [-0.3, -0.25) is 4.72 Å². The molecule has 0 unspecified atom stereocenters. The van der Waals surface area contributed by atoms with Gasteiger partial charge in [-0.15, -0.1) is 6.42 Å². The van der Waals surface area contributed by atoms with Crippen LogP contribution in [-0.4, -0.2) is 8.42 Å². The summed E-state index contributed by atoms with van der Waals surface area (Å²) in [6, 6.07) is 8.46. The molecule has 62 valence electrons. The summed E-state index contributed by atoms with van der Waals surface area (Å²) in [4.78, 5) is 0. The van der Waals surface area contributed by atoms with Crippen molar-refractivity contribution in [2.24, 2.45) is 0 Å². The topological polar surface area (TPSA) is 46.2 Å². The van der Waals surface area contributed by atoms with Crippen molar-refractivity contribution in [2.75, 3.05) is 4.72 Å². The highest BCUT2D eigenvalue weighted by atomic mass is 32.2. The van der Waals surface area contributed by atoms with E-state index in [-0.39, 0.29) is 0 Å². The summed E-state index contributed by atoms with van der Waals surface area (Å²) in [6.45, 7) is 0. The lowest BCUT2D eigenvalue weighted by Gasteiger charge is -2.00. The largest absolute Gasteiger partial charge is 0.301 e. The summed E-state index contributed by atoms with van der Waals surface area (Å²) >= 11 is 0. The monoisotopic (exact) mass is 181 g/mol. The molecule has 0 fully saturated rings. The van der Waals surface area contributed by atoms with E-state index in [1.54, 1.807) is 35.6 Å². The molecule has 0 bridgehead atoms. The number of para-hydroxylation sites is 1. The van der Waals surface area contributed by atoms with Crippen LogP contribution in [0.4, 0.5) is 5.69 Å². The first-order valence-electron chi connectivity index (χ1n) is 3.19. The number of rotatable bonds is 2. The molecular weight excluding hydrogens is 174 g/mol. The van der Waals surface area contributed by atoms with Gasteiger partial charge in [0.15, 0.2) is 0 Å². The first-order chi connectivity index (χ1) is 5.64. The number of hydrogen-bond acceptors (Lipinski definition) is 2. The predicted molar refractivity (Wildman–Crippen MR) is 47.8 cm³/mol. The van der Waals surface area contributed by atoms with Crippen LogP contribution in [0.25, 0.3) is 0 Å². The molecule has 0 atom stereocenters. The second kappa shape index (κ2) is 3.28. The second-order valence-corrected chi connectivity index (χ2v) is 3.54. The Hall–Kier alpha value is -1.47. The summed E-state index contributed by atoms with van der Waals surface area (Å²) < 4.78 is 23.8. The Morgan fingerprint density at radius 1 is 1.25 bits per heavy atom. The zero-order valence-electron chi connectivity index (χ0n) is 6.19. The summed E-state index contributed by atoms with van der Waals surface area (Å²) in [5.41, 5.74) is 0.468. The molecule has 12 heavy (non-hydrogen) atoms. The Balaban J connectivity index is 2.87. The van der Waals surface area contributed by atoms with Gasteiger partial charge in [-0.05, 0) is 12.1 Å². The van der Waals surface area contributed by atoms with Gasteiger partial charge in [0.05, 0.1) is 0 Å². The third-order valence-corrected chi connectivity index (χ3v) is 2.00. The molecule has 0 saturated heterocycles. The first kappa shape index (κ1) is 8.62. The molecule has 1 rings (SSSR count). The molecule has 0 aromatic heterocycles. The van der Waals surface area contributed by atoms with Crippen molar-refractivity contribution < 1.29 is 8.42 Å². The lowest BCUT2D eigenvalue weighted by Crippen LogP contribution is -2.08. The van der Waals surface area contributed by atoms with Crippen LogP contribution in [0.5, 0.6) is 0 Å². The molecule has 0 aliphatic carbocycles. The minimum atomic E-state index is -3.59. The van der Waals surface area contributed by atoms with E-state index >= 15 is 0 Å². The molecule has 0 saturated carbocycles. The zero-order chi connectivity index (χ0) is 9.03. The van der Waals surface area contributed by atoms with Crippen LogP contribution in [0, 0.1) is 11.7 Å². The average Bonchev–Trinajstić information content (AvgIpc) is 2.06. The maximum absolute atomic E-state index is 10.8. The summed E-state index contributed by atoms with van der Waals surface area (Å²) in [7, 11) is -3.59. The zero-order valence-corrected chi connectivity index (χ0v) is 7.01. The summed E-state index contributed by atoms with van der Waals surface area (Å²) in [5.74, 6) is 0. The van der Waals surface area contributed by atoms with E-state index in [2.05, 4.69) is 4.72 Å². The molecule has 1 aromatic carbocycles. The van der Waals surface area contributed by atoms with Gasteiger partial charge in [-0.25, -0.2) is 0 Å². The van der Waals surface area contributed by atoms with E-state index in [1.807, 2.05) is 0 Å². The van der Waals surface area contributed by atoms with Crippen molar-refractivity contribution in [3.8, 4) is 11.7 Å². The smallest absolute Gasteiger partial charge is 0.273 e. The van der Waals surface area contributed by atoms with Crippen molar-refractivity contribution in [2.45, 2.75) is 0 Å². The van der Waals surface area contributed by atoms with Crippen LogP contribution in [-0.2, 0) is 10.0 Å². The van der Waals surface area contributed by atoms with E-state index in [0.717, 1.165) is 0 Å². The Morgan fingerprint density at radius 2 is 1.83 bits per heavy atom. The maximum Gasteiger partial charge on any atom is 0.301 e. The van der Waals surface area contributed by atoms with Gasteiger partial charge in [0.25, 0.3) is 0 Å². The highest BCUT2D eigenvalue weighted by Crippen LogP contribution is 2.06. The molecule has 0 aliphatic rings. The van der Waals surface area contributed by atoms with Crippen molar-refractivity contribution in [1.29, 1.82) is 0 Å². The van der Waals surface area contributed by atoms with Gasteiger partial charge in [0.1, 0.15) is 0 Å². The Labute approximate surface area is 71.5 Å². The summed E-state index contributed by atoms with van der Waals surface area (Å²) in [6.07, 6.45) is 4.75. The normalized spacial score (nSPS) is 10.2. The lowest BCUT2D eigenvalue weighted by atomic mass is 10.3. The van der Waals surface area contributed by atoms with E-state index in [4.69, 9.17) is 6.42 Å². The number of anilines is 1. The van der Waals surface area contributed by atoms with Crippen molar-refractivity contribution in [3.05, 3.63) is 30.3 Å². The molecule has 0 radical (unpaired) electrons. The van der Waals surface area contributed by atoms with Gasteiger partial charge >= 0.3 is 10.0 Å². The first-order valence-corrected chi connectivity index (χ1v) is 4.67. The molecule has 0 heterocycles. The molecule has 1 aromatic rings. The standard InChI is InChI=1S/C8H7NO2S/c1-2-12(10,11)9-8-6-4-3-5-7-8/h1,3-7,9H. The third-order valence-electron chi connectivity index (χ3n) is 1.18. The fourth-order valence-electron chi connectivity index (χ4n) is 0.691. The highest BCUT2D eigenvalue weighted by Gasteiger charge is 2.02. The van der Waals surface area contributed by atoms with Crippen LogP contribution in [0.2, 0.25) is 0 Å². The number of sulfonamides is 1. The Morgan fingerprint density at radius 3 is 2.33 bits per heavy atom. The van der Waals surface area contributed by atoms with Gasteiger partial charge in [-0.1, -0.05) is 18.2 Å². The lowest BCUT2D eigenvalue weighted by molar-refractivity contribution is 0.611. The third kappa shape index (κ3) is 2.29. The number of benzene rings is 1. The number of terminal acetylenes is 1. The van der Waals surface area contributed by atoms with Crippen molar-refractivity contribution in [1.82, 2.24) is 0 Å². The van der Waals surface area contributed by atoms with Crippen LogP contribution in [0.3, 0.4) is 0 Å².